The first-order chi connectivity index (χ1) is 7.66. The summed E-state index contributed by atoms with van der Waals surface area (Å²) in [5, 5.41) is 0. The van der Waals surface area contributed by atoms with Gasteiger partial charge in [0.15, 0.2) is 0 Å². The Bertz CT molecular complexity index is 447. The number of nitrogen functional groups attached to an aromatic ring is 1. The van der Waals surface area contributed by atoms with Crippen LogP contribution in [0.25, 0.3) is 0 Å². The lowest BCUT2D eigenvalue weighted by atomic mass is 10.4. The zero-order valence-electron chi connectivity index (χ0n) is 9.06. The highest BCUT2D eigenvalue weighted by Gasteiger charge is 2.17. The molecule has 1 aromatic rings. The number of likely N-dealkylation sites (tertiary alicyclic amines) is 1. The minimum absolute atomic E-state index is 0.0838. The second-order valence-electron chi connectivity index (χ2n) is 4.02. The topological polar surface area (TPSA) is 68.3 Å². The highest BCUT2D eigenvalue weighted by molar-refractivity contribution is 5.76. The molecule has 0 aliphatic carbocycles. The number of pyridine rings is 1. The highest BCUT2D eigenvalue weighted by Crippen LogP contribution is 2.08. The molecule has 5 heteroatoms. The normalized spacial score (nSPS) is 15.4. The van der Waals surface area contributed by atoms with Crippen LogP contribution in [-0.2, 0) is 11.3 Å². The third-order valence-electron chi connectivity index (χ3n) is 2.78. The van der Waals surface area contributed by atoms with Gasteiger partial charge in [0.1, 0.15) is 6.54 Å². The van der Waals surface area contributed by atoms with Crippen molar-refractivity contribution in [3.63, 3.8) is 0 Å². The molecule has 1 aliphatic heterocycles. The lowest BCUT2D eigenvalue weighted by Gasteiger charge is -2.16. The zero-order chi connectivity index (χ0) is 11.5. The Morgan fingerprint density at radius 1 is 1.38 bits per heavy atom. The van der Waals surface area contributed by atoms with Crippen LogP contribution in [0, 0.1) is 0 Å². The Hall–Kier alpha value is -1.78. The lowest BCUT2D eigenvalue weighted by Crippen LogP contribution is -2.31. The molecule has 2 N–H and O–H groups in total. The predicted molar refractivity (Wildman–Crippen MR) is 60.9 cm³/mol. The third-order valence-corrected chi connectivity index (χ3v) is 2.78. The first-order valence-corrected chi connectivity index (χ1v) is 5.40. The number of anilines is 1. The first-order valence-electron chi connectivity index (χ1n) is 5.40. The van der Waals surface area contributed by atoms with Gasteiger partial charge >= 0.3 is 0 Å². The maximum Gasteiger partial charge on any atom is 0.242 e. The molecule has 1 fully saturated rings. The molecule has 0 atom stereocenters. The van der Waals surface area contributed by atoms with Gasteiger partial charge in [-0.2, -0.15) is 0 Å². The minimum atomic E-state index is -0.204. The fourth-order valence-corrected chi connectivity index (χ4v) is 1.87. The van der Waals surface area contributed by atoms with E-state index < -0.39 is 0 Å². The Morgan fingerprint density at radius 2 is 2.06 bits per heavy atom. The second kappa shape index (κ2) is 4.38. The van der Waals surface area contributed by atoms with Gasteiger partial charge in [-0.1, -0.05) is 0 Å². The summed E-state index contributed by atoms with van der Waals surface area (Å²) in [6.07, 6.45) is 5.26. The van der Waals surface area contributed by atoms with E-state index in [1.54, 1.807) is 10.8 Å². The smallest absolute Gasteiger partial charge is 0.242 e. The Morgan fingerprint density at radius 3 is 2.69 bits per heavy atom. The summed E-state index contributed by atoms with van der Waals surface area (Å²) in [6.45, 7) is 1.94. The summed E-state index contributed by atoms with van der Waals surface area (Å²) < 4.78 is 1.65. The lowest BCUT2D eigenvalue weighted by molar-refractivity contribution is -0.130. The molecule has 2 heterocycles. The van der Waals surface area contributed by atoms with E-state index in [0.717, 1.165) is 25.9 Å². The van der Waals surface area contributed by atoms with Gasteiger partial charge in [-0.3, -0.25) is 9.59 Å². The average molecular weight is 221 g/mol. The molecule has 0 unspecified atom stereocenters. The molecule has 0 aromatic carbocycles. The summed E-state index contributed by atoms with van der Waals surface area (Å²) in [5.41, 5.74) is 5.47. The number of amides is 1. The van der Waals surface area contributed by atoms with Gasteiger partial charge in [0.2, 0.25) is 11.3 Å². The molecule has 0 spiro atoms. The fourth-order valence-electron chi connectivity index (χ4n) is 1.87. The van der Waals surface area contributed by atoms with E-state index in [-0.39, 0.29) is 23.6 Å². The van der Waals surface area contributed by atoms with E-state index >= 15 is 0 Å². The molecule has 1 amide bonds. The van der Waals surface area contributed by atoms with E-state index in [4.69, 9.17) is 5.73 Å². The van der Waals surface area contributed by atoms with Gasteiger partial charge in [0.25, 0.3) is 0 Å². The second-order valence-corrected chi connectivity index (χ2v) is 4.02. The fraction of sp³-hybridized carbons (Fsp3) is 0.455. The van der Waals surface area contributed by atoms with Crippen LogP contribution < -0.4 is 11.2 Å². The number of hydrogen-bond acceptors (Lipinski definition) is 3. The summed E-state index contributed by atoms with van der Waals surface area (Å²) in [5.74, 6) is 0.0838. The molecule has 86 valence electrons. The van der Waals surface area contributed by atoms with E-state index in [9.17, 15) is 9.59 Å². The summed E-state index contributed by atoms with van der Waals surface area (Å²) in [7, 11) is 0. The molecular formula is C11H15N3O2. The quantitative estimate of drug-likeness (QED) is 0.767. The largest absolute Gasteiger partial charge is 0.394 e. The van der Waals surface area contributed by atoms with E-state index in [0.29, 0.717) is 0 Å². The molecule has 1 saturated heterocycles. The molecule has 0 radical (unpaired) electrons. The molecule has 1 aromatic heterocycles. The van der Waals surface area contributed by atoms with Gasteiger partial charge in [0, 0.05) is 31.5 Å². The SMILES string of the molecule is Nc1cn(CC(=O)N2CCCC2)ccc1=O. The van der Waals surface area contributed by atoms with E-state index in [2.05, 4.69) is 0 Å². The zero-order valence-corrected chi connectivity index (χ0v) is 9.06. The van der Waals surface area contributed by atoms with Crippen molar-refractivity contribution in [1.29, 1.82) is 0 Å². The predicted octanol–water partition coefficient (Wildman–Crippen LogP) is 0.0529. The summed E-state index contributed by atoms with van der Waals surface area (Å²) in [4.78, 5) is 24.7. The van der Waals surface area contributed by atoms with Crippen molar-refractivity contribution in [1.82, 2.24) is 9.47 Å². The number of hydrogen-bond donors (Lipinski definition) is 1. The van der Waals surface area contributed by atoms with Crippen LogP contribution in [0.5, 0.6) is 0 Å². The number of carbonyl (C=O) groups excluding carboxylic acids is 1. The average Bonchev–Trinajstić information content (AvgIpc) is 2.77. The number of rotatable bonds is 2. The van der Waals surface area contributed by atoms with Gasteiger partial charge in [0.05, 0.1) is 5.69 Å². The van der Waals surface area contributed by atoms with Gasteiger partial charge in [-0.05, 0) is 12.8 Å². The van der Waals surface area contributed by atoms with Crippen LogP contribution in [0.2, 0.25) is 0 Å². The van der Waals surface area contributed by atoms with Crippen LogP contribution in [0.1, 0.15) is 12.8 Å². The van der Waals surface area contributed by atoms with Crippen LogP contribution in [0.4, 0.5) is 5.69 Å². The molecule has 1 aliphatic rings. The van der Waals surface area contributed by atoms with E-state index in [1.165, 1.54) is 12.3 Å². The van der Waals surface area contributed by atoms with E-state index in [1.807, 2.05) is 4.90 Å². The Labute approximate surface area is 93.5 Å². The van der Waals surface area contributed by atoms with Gasteiger partial charge < -0.3 is 15.2 Å². The third kappa shape index (κ3) is 2.24. The standard InChI is InChI=1S/C11H15N3O2/c12-9-7-13(6-3-10(9)15)8-11(16)14-4-1-2-5-14/h3,6-7H,1-2,4-5,8,12H2. The van der Waals surface area contributed by atoms with Gasteiger partial charge in [-0.15, -0.1) is 0 Å². The Kier molecular flexibility index (Phi) is 2.94. The van der Waals surface area contributed by atoms with Crippen molar-refractivity contribution in [2.24, 2.45) is 0 Å². The van der Waals surface area contributed by atoms with Crippen LogP contribution in [0.15, 0.2) is 23.3 Å². The van der Waals surface area contributed by atoms with Crippen molar-refractivity contribution in [3.05, 3.63) is 28.7 Å². The molecule has 16 heavy (non-hydrogen) atoms. The van der Waals surface area contributed by atoms with Crippen LogP contribution >= 0.6 is 0 Å². The summed E-state index contributed by atoms with van der Waals surface area (Å²) in [6, 6.07) is 1.38. The maximum atomic E-state index is 11.8. The molecule has 0 bridgehead atoms. The minimum Gasteiger partial charge on any atom is -0.394 e. The molecule has 2 rings (SSSR count). The summed E-state index contributed by atoms with van der Waals surface area (Å²) >= 11 is 0. The van der Waals surface area contributed by atoms with Crippen molar-refractivity contribution in [3.8, 4) is 0 Å². The highest BCUT2D eigenvalue weighted by atomic mass is 16.2. The number of carbonyl (C=O) groups is 1. The van der Waals surface area contributed by atoms with Crippen molar-refractivity contribution in [2.45, 2.75) is 19.4 Å². The first kappa shape index (κ1) is 10.7. The van der Waals surface area contributed by atoms with Crippen molar-refractivity contribution >= 4 is 11.6 Å². The van der Waals surface area contributed by atoms with Crippen molar-refractivity contribution < 1.29 is 4.79 Å². The Balaban J connectivity index is 2.05. The molecule has 5 nitrogen and oxygen atoms in total. The monoisotopic (exact) mass is 221 g/mol. The van der Waals surface area contributed by atoms with Crippen LogP contribution in [-0.4, -0.2) is 28.5 Å². The molecule has 0 saturated carbocycles. The number of nitrogens with zero attached hydrogens (tertiary/aromatic N) is 2. The van der Waals surface area contributed by atoms with Gasteiger partial charge in [-0.25, -0.2) is 0 Å². The van der Waals surface area contributed by atoms with Crippen molar-refractivity contribution in [2.75, 3.05) is 18.8 Å². The number of nitrogens with two attached hydrogens (primary N) is 1. The maximum absolute atomic E-state index is 11.8. The van der Waals surface area contributed by atoms with Crippen LogP contribution in [0.3, 0.4) is 0 Å². The molecular weight excluding hydrogens is 206 g/mol. The number of aromatic nitrogens is 1.